The lowest BCUT2D eigenvalue weighted by molar-refractivity contribution is -0.142. The topological polar surface area (TPSA) is 209 Å². The largest absolute Gasteiger partial charge is 0.482 e. The quantitative estimate of drug-likeness (QED) is 0.123. The molecule has 65 heavy (non-hydrogen) atoms. The molecule has 2 atom stereocenters. The van der Waals surface area contributed by atoms with Crippen LogP contribution in [-0.4, -0.2) is 102 Å². The van der Waals surface area contributed by atoms with Crippen LogP contribution < -0.4 is 28.5 Å². The van der Waals surface area contributed by atoms with Gasteiger partial charge in [-0.3, -0.25) is 29.4 Å². The van der Waals surface area contributed by atoms with E-state index >= 15 is 0 Å². The predicted octanol–water partition coefficient (Wildman–Crippen LogP) is 5.61. The molecule has 5 rings (SSSR count). The number of H-pyrrole nitrogens is 1. The van der Waals surface area contributed by atoms with E-state index in [1.807, 2.05) is 6.92 Å². The van der Waals surface area contributed by atoms with Gasteiger partial charge in [0.25, 0.3) is 0 Å². The Labute approximate surface area is 377 Å². The molecule has 2 saturated heterocycles. The number of rotatable bonds is 11. The fourth-order valence-electron chi connectivity index (χ4n) is 6.48. The highest BCUT2D eigenvalue weighted by Gasteiger charge is 2.41. The number of nitrogens with zero attached hydrogens (tertiary/aromatic N) is 7. The van der Waals surface area contributed by atoms with E-state index in [-0.39, 0.29) is 73.3 Å². The third-order valence-electron chi connectivity index (χ3n) is 9.07. The first-order valence-corrected chi connectivity index (χ1v) is 19.2. The van der Waals surface area contributed by atoms with Gasteiger partial charge in [0.15, 0.2) is 5.90 Å². The van der Waals surface area contributed by atoms with Crippen LogP contribution in [-0.2, 0) is 35.7 Å². The minimum atomic E-state index is -4.59. The number of ether oxygens (including phenoxy) is 2. The summed E-state index contributed by atoms with van der Waals surface area (Å²) in [6.45, 7) is 4.50. The third kappa shape index (κ3) is 22.3. The molecule has 16 nitrogen and oxygen atoms in total. The number of alkyl halides is 9. The van der Waals surface area contributed by atoms with Gasteiger partial charge in [-0.15, -0.1) is 24.8 Å². The van der Waals surface area contributed by atoms with E-state index in [2.05, 4.69) is 24.6 Å². The van der Waals surface area contributed by atoms with Gasteiger partial charge in [0, 0.05) is 37.7 Å². The van der Waals surface area contributed by atoms with Crippen LogP contribution in [0.1, 0.15) is 70.1 Å². The van der Waals surface area contributed by atoms with Crippen LogP contribution in [0.15, 0.2) is 48.4 Å². The molecule has 0 spiro atoms. The number of aromatic amines is 1. The second-order valence-corrected chi connectivity index (χ2v) is 14.2. The maximum atomic E-state index is 13.8. The fraction of sp³-hybridized carbons (Fsp3) is 0.622. The number of halogens is 12. The number of piperidine rings is 1. The average Bonchev–Trinajstić information content (AvgIpc) is 3.37. The van der Waals surface area contributed by atoms with Crippen molar-refractivity contribution in [2.45, 2.75) is 130 Å². The van der Waals surface area contributed by atoms with Crippen molar-refractivity contribution in [3.8, 4) is 0 Å². The molecule has 2 aliphatic rings. The summed E-state index contributed by atoms with van der Waals surface area (Å²) in [4.78, 5) is 59.8. The normalized spacial score (nSPS) is 17.2. The molecule has 0 aliphatic carbocycles. The summed E-state index contributed by atoms with van der Waals surface area (Å²) in [6, 6.07) is 7.13. The lowest BCUT2D eigenvalue weighted by Crippen LogP contribution is -2.47. The molecule has 4 heterocycles. The minimum absolute atomic E-state index is 0. The number of hydrogen-bond acceptors (Lipinski definition) is 11. The Hall–Kier alpha value is -4.82. The van der Waals surface area contributed by atoms with E-state index in [1.54, 1.807) is 30.1 Å². The molecule has 2 aromatic heterocycles. The van der Waals surface area contributed by atoms with Crippen LogP contribution in [0.2, 0.25) is 0 Å². The summed E-state index contributed by atoms with van der Waals surface area (Å²) in [5.41, 5.74) is 1.50. The molecule has 28 heteroatoms. The zero-order valence-corrected chi connectivity index (χ0v) is 37.4. The monoisotopic (exact) mass is 992 g/mol. The number of aliphatic imine (C=N–C) groups is 1. The van der Waals surface area contributed by atoms with Gasteiger partial charge in [0.05, 0.1) is 25.2 Å². The van der Waals surface area contributed by atoms with Crippen LogP contribution >= 0.6 is 24.8 Å². The SMILES string of the molecule is CC(N)=NCC(F)(F)F.CCOC(C)=N.Cc1nc(=O)[nH]c(=O)n1CC(F)(F)F.Cc1nc(=O)n(CCCN2C3CCC2CC(OCc2ccccc2F)C3)c(=O)n1CC(F)(F)F.Cl.Cl. The molecule has 2 aliphatic heterocycles. The summed E-state index contributed by atoms with van der Waals surface area (Å²) in [6.07, 6.45) is -9.22. The number of amidine groups is 1. The van der Waals surface area contributed by atoms with Crippen molar-refractivity contribution in [1.82, 2.24) is 33.6 Å². The van der Waals surface area contributed by atoms with Crippen molar-refractivity contribution in [2.75, 3.05) is 19.7 Å². The number of hydrogen-bond donors (Lipinski definition) is 3. The van der Waals surface area contributed by atoms with Gasteiger partial charge in [-0.2, -0.15) is 49.5 Å². The molecular weight excluding hydrogens is 941 g/mol. The number of aryl methyl sites for hydroxylation is 2. The number of nitrogens with two attached hydrogens (primary N) is 1. The molecule has 2 fully saturated rings. The molecule has 3 aromatic rings. The van der Waals surface area contributed by atoms with E-state index in [0.29, 0.717) is 46.4 Å². The fourth-order valence-corrected chi connectivity index (χ4v) is 6.48. The van der Waals surface area contributed by atoms with Gasteiger partial charge >= 0.3 is 41.3 Å². The Balaban J connectivity index is 0.00000109. The van der Waals surface area contributed by atoms with E-state index < -0.39 is 60.9 Å². The van der Waals surface area contributed by atoms with Crippen LogP contribution in [0.4, 0.5) is 43.9 Å². The highest BCUT2D eigenvalue weighted by Crippen LogP contribution is 2.37. The Bertz CT molecular complexity index is 2210. The van der Waals surface area contributed by atoms with Crippen LogP contribution in [0.3, 0.4) is 0 Å². The van der Waals surface area contributed by atoms with Crippen LogP contribution in [0.5, 0.6) is 0 Å². The second kappa shape index (κ2) is 27.0. The first-order valence-electron chi connectivity index (χ1n) is 19.2. The molecule has 370 valence electrons. The van der Waals surface area contributed by atoms with Gasteiger partial charge in [-0.1, -0.05) is 18.2 Å². The smallest absolute Gasteiger partial charge is 0.408 e. The Morgan fingerprint density at radius 3 is 1.83 bits per heavy atom. The van der Waals surface area contributed by atoms with Gasteiger partial charge in [0.1, 0.15) is 37.1 Å². The van der Waals surface area contributed by atoms with Gasteiger partial charge < -0.3 is 15.2 Å². The molecule has 1 aromatic carbocycles. The summed E-state index contributed by atoms with van der Waals surface area (Å²) < 4.78 is 134. The highest BCUT2D eigenvalue weighted by atomic mass is 35.5. The maximum absolute atomic E-state index is 13.8. The lowest BCUT2D eigenvalue weighted by atomic mass is 9.99. The standard InChI is InChI=1S/C23H28F4N4O3.C6H6F3N3O2.C4H7F3N2.C4H9NO.2ClH/c1-15-28-21(32)30(22(33)31(15)14-23(25,26)27)10-4-9-29-17-7-8-18(29)12-19(11-17)34-13-16-5-2-3-6-20(16)24;1-3-10-4(13)11-5(14)12(3)2-6(7,8)9;1-3(8)9-2-4(5,6)7;1-3-6-4(2)5;;/h2-3,5-6,17-19H,4,7-14H2,1H3;2H2,1H3,(H,11,13,14);2H2,1H3,(H2,8,9);5H,3H2,1-2H3;2*1H. The van der Waals surface area contributed by atoms with E-state index in [0.717, 1.165) is 37.2 Å². The van der Waals surface area contributed by atoms with Gasteiger partial charge in [-0.05, 0) is 65.9 Å². The second-order valence-electron chi connectivity index (χ2n) is 14.2. The summed E-state index contributed by atoms with van der Waals surface area (Å²) in [5, 5.41) is 6.67. The van der Waals surface area contributed by atoms with Crippen molar-refractivity contribution in [1.29, 1.82) is 5.41 Å². The van der Waals surface area contributed by atoms with Crippen molar-refractivity contribution in [3.63, 3.8) is 0 Å². The molecule has 4 N–H and O–H groups in total. The first kappa shape index (κ1) is 60.2. The minimum Gasteiger partial charge on any atom is -0.482 e. The third-order valence-corrected chi connectivity index (χ3v) is 9.07. The predicted molar refractivity (Wildman–Crippen MR) is 224 cm³/mol. The summed E-state index contributed by atoms with van der Waals surface area (Å²) >= 11 is 0. The van der Waals surface area contributed by atoms with Gasteiger partial charge in [-0.25, -0.2) is 28.1 Å². The Morgan fingerprint density at radius 1 is 0.846 bits per heavy atom. The van der Waals surface area contributed by atoms with E-state index in [4.69, 9.17) is 15.9 Å². The molecular formula is C37H52Cl2F10N10O6. The first-order chi connectivity index (χ1) is 29.1. The zero-order valence-electron chi connectivity index (χ0n) is 35.8. The van der Waals surface area contributed by atoms with Crippen LogP contribution in [0.25, 0.3) is 0 Å². The molecule has 2 bridgehead atoms. The Morgan fingerprint density at radius 2 is 1.38 bits per heavy atom. The van der Waals surface area contributed by atoms with E-state index in [9.17, 15) is 63.1 Å². The molecule has 0 saturated carbocycles. The number of nitrogens with one attached hydrogen (secondary N) is 2. The van der Waals surface area contributed by atoms with E-state index in [1.165, 1.54) is 19.9 Å². The van der Waals surface area contributed by atoms with Crippen molar-refractivity contribution >= 4 is 36.5 Å². The lowest BCUT2D eigenvalue weighted by Gasteiger charge is -2.39. The number of benzene rings is 1. The number of fused-ring (bicyclic) bond motifs is 2. The molecule has 0 radical (unpaired) electrons. The summed E-state index contributed by atoms with van der Waals surface area (Å²) in [7, 11) is 0. The van der Waals surface area contributed by atoms with Crippen molar-refractivity contribution in [2.24, 2.45) is 10.7 Å². The highest BCUT2D eigenvalue weighted by molar-refractivity contribution is 5.85. The Kier molecular flexibility index (Phi) is 25.0. The van der Waals surface area contributed by atoms with Gasteiger partial charge in [0.2, 0.25) is 0 Å². The number of aromatic nitrogens is 6. The molecule has 0 amide bonds. The zero-order chi connectivity index (χ0) is 47.9. The van der Waals surface area contributed by atoms with Crippen molar-refractivity contribution in [3.05, 3.63) is 89.2 Å². The maximum Gasteiger partial charge on any atom is 0.408 e. The average molecular weight is 994 g/mol. The molecule has 2 unspecified atom stereocenters. The van der Waals surface area contributed by atoms with Crippen molar-refractivity contribution < 1.29 is 53.4 Å². The summed E-state index contributed by atoms with van der Waals surface area (Å²) in [5.74, 6) is -0.557. The van der Waals surface area contributed by atoms with Crippen LogP contribution in [0, 0.1) is 25.1 Å².